The van der Waals surface area contributed by atoms with Crippen LogP contribution in [-0.2, 0) is 6.42 Å². The van der Waals surface area contributed by atoms with Crippen molar-refractivity contribution in [1.82, 2.24) is 5.32 Å². The highest BCUT2D eigenvalue weighted by Crippen LogP contribution is 2.30. The second-order valence-electron chi connectivity index (χ2n) is 7.10. The van der Waals surface area contributed by atoms with Crippen LogP contribution in [0, 0.1) is 0 Å². The van der Waals surface area contributed by atoms with Crippen molar-refractivity contribution in [2.45, 2.75) is 6.42 Å². The predicted molar refractivity (Wildman–Crippen MR) is 113 cm³/mol. The minimum absolute atomic E-state index is 0.0849. The highest BCUT2D eigenvalue weighted by molar-refractivity contribution is 5.98. The summed E-state index contributed by atoms with van der Waals surface area (Å²) >= 11 is 0. The molecule has 0 amide bonds. The largest absolute Gasteiger partial charge is 0.507 e. The van der Waals surface area contributed by atoms with Crippen molar-refractivity contribution in [3.05, 3.63) is 83.9 Å². The minimum atomic E-state index is 0.0849. The maximum Gasteiger partial charge on any atom is 0.167 e. The number of Topliss-reactive ketones (excluding diaryl/α,β-unsaturated/α-hetero) is 1. The van der Waals surface area contributed by atoms with E-state index in [1.54, 1.807) is 6.07 Å². The third-order valence-corrected chi connectivity index (χ3v) is 5.16. The summed E-state index contributed by atoms with van der Waals surface area (Å²) < 4.78 is 0. The first-order chi connectivity index (χ1) is 13.7. The second kappa shape index (κ2) is 8.28. The van der Waals surface area contributed by atoms with E-state index in [2.05, 4.69) is 16.3 Å². The van der Waals surface area contributed by atoms with Gasteiger partial charge in [0.2, 0.25) is 0 Å². The third kappa shape index (κ3) is 4.07. The number of anilines is 1. The molecule has 4 nitrogen and oxygen atoms in total. The van der Waals surface area contributed by atoms with E-state index in [0.717, 1.165) is 54.1 Å². The van der Waals surface area contributed by atoms with Crippen molar-refractivity contribution in [1.29, 1.82) is 0 Å². The SMILES string of the molecule is O=C(Cc1ccc(O)c(-c2ccccc2)c1)c1cccc(N2CCNCC2)c1. The fourth-order valence-electron chi connectivity index (χ4n) is 3.63. The molecule has 0 unspecified atom stereocenters. The van der Waals surface area contributed by atoms with Crippen molar-refractivity contribution in [2.24, 2.45) is 0 Å². The van der Waals surface area contributed by atoms with Crippen molar-refractivity contribution < 1.29 is 9.90 Å². The minimum Gasteiger partial charge on any atom is -0.507 e. The van der Waals surface area contributed by atoms with Gasteiger partial charge in [-0.1, -0.05) is 48.5 Å². The molecule has 28 heavy (non-hydrogen) atoms. The molecule has 3 aromatic carbocycles. The van der Waals surface area contributed by atoms with E-state index in [1.165, 1.54) is 0 Å². The van der Waals surface area contributed by atoms with Gasteiger partial charge in [-0.3, -0.25) is 4.79 Å². The molecule has 1 heterocycles. The van der Waals surface area contributed by atoms with Gasteiger partial charge in [0.25, 0.3) is 0 Å². The second-order valence-corrected chi connectivity index (χ2v) is 7.10. The number of rotatable bonds is 5. The lowest BCUT2D eigenvalue weighted by Gasteiger charge is -2.29. The van der Waals surface area contributed by atoms with Gasteiger partial charge < -0.3 is 15.3 Å². The zero-order valence-corrected chi connectivity index (χ0v) is 15.8. The number of aromatic hydroxyl groups is 1. The molecule has 0 spiro atoms. The molecule has 0 aliphatic carbocycles. The smallest absolute Gasteiger partial charge is 0.167 e. The normalized spacial score (nSPS) is 14.1. The molecule has 4 heteroatoms. The number of ketones is 1. The summed E-state index contributed by atoms with van der Waals surface area (Å²) in [7, 11) is 0. The Morgan fingerprint density at radius 3 is 2.50 bits per heavy atom. The van der Waals surface area contributed by atoms with E-state index in [0.29, 0.717) is 6.42 Å². The van der Waals surface area contributed by atoms with E-state index >= 15 is 0 Å². The van der Waals surface area contributed by atoms with Gasteiger partial charge >= 0.3 is 0 Å². The Bertz CT molecular complexity index is 963. The van der Waals surface area contributed by atoms with E-state index in [1.807, 2.05) is 60.7 Å². The van der Waals surface area contributed by atoms with Crippen molar-refractivity contribution >= 4 is 11.5 Å². The molecular weight excluding hydrogens is 348 g/mol. The summed E-state index contributed by atoms with van der Waals surface area (Å²) in [4.78, 5) is 15.2. The number of phenols is 1. The average molecular weight is 372 g/mol. The van der Waals surface area contributed by atoms with Gasteiger partial charge in [-0.25, -0.2) is 0 Å². The number of nitrogens with one attached hydrogen (secondary N) is 1. The fraction of sp³-hybridized carbons (Fsp3) is 0.208. The topological polar surface area (TPSA) is 52.6 Å². The standard InChI is InChI=1S/C24H24N2O2/c27-23-10-9-18(15-22(23)19-5-2-1-3-6-19)16-24(28)20-7-4-8-21(17-20)26-13-11-25-12-14-26/h1-10,15,17,25,27H,11-14,16H2. The molecule has 0 bridgehead atoms. The number of piperazine rings is 1. The molecule has 0 radical (unpaired) electrons. The van der Waals surface area contributed by atoms with E-state index in [4.69, 9.17) is 0 Å². The Labute approximate surface area is 165 Å². The molecule has 2 N–H and O–H groups in total. The predicted octanol–water partition coefficient (Wildman–Crippen LogP) is 3.89. The molecule has 1 saturated heterocycles. The van der Waals surface area contributed by atoms with Gasteiger partial charge in [-0.15, -0.1) is 0 Å². The van der Waals surface area contributed by atoms with Crippen LogP contribution in [0.15, 0.2) is 72.8 Å². The molecule has 0 atom stereocenters. The van der Waals surface area contributed by atoms with Crippen molar-refractivity contribution in [3.8, 4) is 16.9 Å². The fourth-order valence-corrected chi connectivity index (χ4v) is 3.63. The molecular formula is C24H24N2O2. The summed E-state index contributed by atoms with van der Waals surface area (Å²) in [5.74, 6) is 0.310. The molecule has 1 aliphatic heterocycles. The molecule has 1 fully saturated rings. The van der Waals surface area contributed by atoms with Crippen LogP contribution >= 0.6 is 0 Å². The molecule has 1 aliphatic rings. The summed E-state index contributed by atoms with van der Waals surface area (Å²) in [6.45, 7) is 3.84. The lowest BCUT2D eigenvalue weighted by molar-refractivity contribution is 0.0993. The van der Waals surface area contributed by atoms with Gasteiger partial charge in [0, 0.05) is 49.4 Å². The van der Waals surface area contributed by atoms with Crippen LogP contribution in [0.25, 0.3) is 11.1 Å². The number of phenolic OH excluding ortho intramolecular Hbond substituents is 1. The van der Waals surface area contributed by atoms with Crippen LogP contribution in [0.4, 0.5) is 5.69 Å². The van der Waals surface area contributed by atoms with Gasteiger partial charge in [0.1, 0.15) is 5.75 Å². The molecule has 4 rings (SSSR count). The molecule has 142 valence electrons. The van der Waals surface area contributed by atoms with Crippen molar-refractivity contribution in [3.63, 3.8) is 0 Å². The first kappa shape index (κ1) is 18.3. The summed E-state index contributed by atoms with van der Waals surface area (Å²) in [6, 6.07) is 23.0. The Kier molecular flexibility index (Phi) is 5.40. The zero-order chi connectivity index (χ0) is 19.3. The molecule has 0 saturated carbocycles. The van der Waals surface area contributed by atoms with Gasteiger partial charge in [-0.05, 0) is 35.4 Å². The number of hydrogen-bond donors (Lipinski definition) is 2. The maximum atomic E-state index is 12.9. The van der Waals surface area contributed by atoms with Gasteiger partial charge in [-0.2, -0.15) is 0 Å². The monoisotopic (exact) mass is 372 g/mol. The quantitative estimate of drug-likeness (QED) is 0.667. The van der Waals surface area contributed by atoms with Crippen LogP contribution in [0.1, 0.15) is 15.9 Å². The number of carbonyl (C=O) groups is 1. The number of carbonyl (C=O) groups excluding carboxylic acids is 1. The highest BCUT2D eigenvalue weighted by atomic mass is 16.3. The van der Waals surface area contributed by atoms with E-state index < -0.39 is 0 Å². The van der Waals surface area contributed by atoms with Crippen molar-refractivity contribution in [2.75, 3.05) is 31.1 Å². The Morgan fingerprint density at radius 2 is 1.71 bits per heavy atom. The Hall–Kier alpha value is -3.11. The van der Waals surface area contributed by atoms with E-state index in [-0.39, 0.29) is 11.5 Å². The summed E-state index contributed by atoms with van der Waals surface area (Å²) in [5, 5.41) is 13.6. The van der Waals surface area contributed by atoms with E-state index in [9.17, 15) is 9.90 Å². The molecule has 0 aromatic heterocycles. The maximum absolute atomic E-state index is 12.9. The van der Waals surface area contributed by atoms with Crippen LogP contribution in [0.5, 0.6) is 5.75 Å². The van der Waals surface area contributed by atoms with Crippen LogP contribution in [-0.4, -0.2) is 37.1 Å². The highest BCUT2D eigenvalue weighted by Gasteiger charge is 2.14. The lowest BCUT2D eigenvalue weighted by atomic mass is 9.97. The lowest BCUT2D eigenvalue weighted by Crippen LogP contribution is -2.43. The number of benzene rings is 3. The first-order valence-corrected chi connectivity index (χ1v) is 9.67. The Balaban J connectivity index is 1.54. The van der Waals surface area contributed by atoms with Crippen LogP contribution < -0.4 is 10.2 Å². The average Bonchev–Trinajstić information content (AvgIpc) is 2.76. The summed E-state index contributed by atoms with van der Waals surface area (Å²) in [5.41, 5.74) is 4.41. The van der Waals surface area contributed by atoms with Gasteiger partial charge in [0.05, 0.1) is 0 Å². The Morgan fingerprint density at radius 1 is 0.929 bits per heavy atom. The summed E-state index contributed by atoms with van der Waals surface area (Å²) in [6.07, 6.45) is 0.311. The van der Waals surface area contributed by atoms with Crippen LogP contribution in [0.3, 0.4) is 0 Å². The van der Waals surface area contributed by atoms with Gasteiger partial charge in [0.15, 0.2) is 5.78 Å². The third-order valence-electron chi connectivity index (χ3n) is 5.16. The molecule has 3 aromatic rings. The zero-order valence-electron chi connectivity index (χ0n) is 15.8. The van der Waals surface area contributed by atoms with Crippen LogP contribution in [0.2, 0.25) is 0 Å². The number of nitrogens with zero attached hydrogens (tertiary/aromatic N) is 1. The number of hydrogen-bond acceptors (Lipinski definition) is 4. The first-order valence-electron chi connectivity index (χ1n) is 9.67.